The predicted octanol–water partition coefficient (Wildman–Crippen LogP) is 15.2. The molecular weight excluding hydrogens is 693 g/mol. The highest BCUT2D eigenvalue weighted by Gasteiger charge is 2.21. The first-order valence-corrected chi connectivity index (χ1v) is 19.4. The molecule has 268 valence electrons. The molecule has 0 fully saturated rings. The molecule has 0 aliphatic heterocycles. The quantitative estimate of drug-likeness (QED) is 0.163. The van der Waals surface area contributed by atoms with E-state index in [4.69, 9.17) is 4.42 Å². The molecular formula is C54H36N2O. The summed E-state index contributed by atoms with van der Waals surface area (Å²) in [6, 6.07) is 78.2. The molecule has 0 saturated carbocycles. The van der Waals surface area contributed by atoms with Crippen LogP contribution in [0.15, 0.2) is 223 Å². The molecule has 2 aromatic heterocycles. The van der Waals surface area contributed by atoms with Crippen LogP contribution in [0.25, 0.3) is 82.8 Å². The molecule has 0 aliphatic rings. The lowest BCUT2D eigenvalue weighted by atomic mass is 9.95. The minimum Gasteiger partial charge on any atom is -0.456 e. The van der Waals surface area contributed by atoms with Crippen LogP contribution in [0.3, 0.4) is 0 Å². The monoisotopic (exact) mass is 728 g/mol. The maximum Gasteiger partial charge on any atom is 0.135 e. The fourth-order valence-electron chi connectivity index (χ4n) is 8.58. The molecule has 0 saturated heterocycles. The van der Waals surface area contributed by atoms with Gasteiger partial charge in [-0.3, -0.25) is 0 Å². The summed E-state index contributed by atoms with van der Waals surface area (Å²) < 4.78 is 8.68. The Labute approximate surface area is 330 Å². The zero-order valence-electron chi connectivity index (χ0n) is 31.1. The van der Waals surface area contributed by atoms with Gasteiger partial charge < -0.3 is 13.9 Å². The van der Waals surface area contributed by atoms with Crippen molar-refractivity contribution in [1.82, 2.24) is 4.57 Å². The lowest BCUT2D eigenvalue weighted by Gasteiger charge is -2.28. The molecule has 0 N–H and O–H groups in total. The highest BCUT2D eigenvalue weighted by molar-refractivity contribution is 6.16. The second kappa shape index (κ2) is 13.6. The summed E-state index contributed by atoms with van der Waals surface area (Å²) in [7, 11) is 0. The van der Waals surface area contributed by atoms with Crippen LogP contribution >= 0.6 is 0 Å². The van der Waals surface area contributed by atoms with E-state index in [0.717, 1.165) is 55.8 Å². The van der Waals surface area contributed by atoms with E-state index in [1.165, 1.54) is 44.1 Å². The predicted molar refractivity (Wildman–Crippen MR) is 239 cm³/mol. The number of anilines is 3. The van der Waals surface area contributed by atoms with Crippen molar-refractivity contribution in [2.45, 2.75) is 0 Å². The maximum atomic E-state index is 6.30. The number of aromatic nitrogens is 1. The molecule has 0 radical (unpaired) electrons. The van der Waals surface area contributed by atoms with Gasteiger partial charge in [0.2, 0.25) is 0 Å². The molecule has 0 bridgehead atoms. The molecule has 11 rings (SSSR count). The fourth-order valence-corrected chi connectivity index (χ4v) is 8.58. The van der Waals surface area contributed by atoms with Crippen LogP contribution in [-0.2, 0) is 0 Å². The molecule has 3 heteroatoms. The van der Waals surface area contributed by atoms with Gasteiger partial charge in [-0.2, -0.15) is 0 Å². The van der Waals surface area contributed by atoms with Crippen molar-refractivity contribution < 1.29 is 4.42 Å². The summed E-state index contributed by atoms with van der Waals surface area (Å²) in [5.41, 5.74) is 15.6. The number of hydrogen-bond acceptors (Lipinski definition) is 2. The summed E-state index contributed by atoms with van der Waals surface area (Å²) in [6.45, 7) is 0. The Balaban J connectivity index is 1.11. The molecule has 2 heterocycles. The molecule has 0 unspecified atom stereocenters. The molecule has 9 aromatic carbocycles. The van der Waals surface area contributed by atoms with Gasteiger partial charge in [-0.1, -0.05) is 146 Å². The Bertz CT molecular complexity index is 3220. The van der Waals surface area contributed by atoms with Crippen LogP contribution in [-0.4, -0.2) is 4.57 Å². The van der Waals surface area contributed by atoms with Crippen molar-refractivity contribution in [3.63, 3.8) is 0 Å². The number of furan rings is 1. The summed E-state index contributed by atoms with van der Waals surface area (Å²) in [6.07, 6.45) is 0. The average Bonchev–Trinajstić information content (AvgIpc) is 3.83. The van der Waals surface area contributed by atoms with E-state index in [9.17, 15) is 0 Å². The van der Waals surface area contributed by atoms with Gasteiger partial charge in [0.05, 0.1) is 16.7 Å². The Morgan fingerprint density at radius 2 is 0.947 bits per heavy atom. The van der Waals surface area contributed by atoms with Gasteiger partial charge in [-0.25, -0.2) is 0 Å². The number of hydrogen-bond donors (Lipinski definition) is 0. The van der Waals surface area contributed by atoms with E-state index in [1.54, 1.807) is 0 Å². The second-order valence-corrected chi connectivity index (χ2v) is 14.5. The Morgan fingerprint density at radius 1 is 0.351 bits per heavy atom. The van der Waals surface area contributed by atoms with Gasteiger partial charge in [0, 0.05) is 44.2 Å². The van der Waals surface area contributed by atoms with Crippen LogP contribution in [0.4, 0.5) is 17.1 Å². The van der Waals surface area contributed by atoms with Gasteiger partial charge >= 0.3 is 0 Å². The lowest BCUT2D eigenvalue weighted by molar-refractivity contribution is 0.669. The average molecular weight is 729 g/mol. The van der Waals surface area contributed by atoms with Crippen molar-refractivity contribution in [2.24, 2.45) is 0 Å². The van der Waals surface area contributed by atoms with Crippen molar-refractivity contribution in [1.29, 1.82) is 0 Å². The van der Waals surface area contributed by atoms with Gasteiger partial charge in [-0.05, 0) is 101 Å². The first-order valence-electron chi connectivity index (χ1n) is 19.4. The Kier molecular flexibility index (Phi) is 7.82. The fraction of sp³-hybridized carbons (Fsp3) is 0. The first-order chi connectivity index (χ1) is 28.3. The molecule has 3 nitrogen and oxygen atoms in total. The summed E-state index contributed by atoms with van der Waals surface area (Å²) in [4.78, 5) is 2.39. The van der Waals surface area contributed by atoms with Crippen LogP contribution in [0, 0.1) is 0 Å². The van der Waals surface area contributed by atoms with E-state index in [1.807, 2.05) is 12.1 Å². The minimum atomic E-state index is 0.876. The van der Waals surface area contributed by atoms with Gasteiger partial charge in [0.25, 0.3) is 0 Å². The molecule has 0 spiro atoms. The topological polar surface area (TPSA) is 21.3 Å². The zero-order chi connectivity index (χ0) is 37.7. The number of para-hydroxylation sites is 3. The van der Waals surface area contributed by atoms with E-state index < -0.39 is 0 Å². The molecule has 0 atom stereocenters. The summed E-state index contributed by atoms with van der Waals surface area (Å²) >= 11 is 0. The first kappa shape index (κ1) is 32.8. The number of rotatable bonds is 7. The summed E-state index contributed by atoms with van der Waals surface area (Å²) in [5.74, 6) is 0. The van der Waals surface area contributed by atoms with Crippen LogP contribution in [0.2, 0.25) is 0 Å². The van der Waals surface area contributed by atoms with Crippen LogP contribution in [0.5, 0.6) is 0 Å². The molecule has 0 aliphatic carbocycles. The lowest BCUT2D eigenvalue weighted by Crippen LogP contribution is -2.11. The summed E-state index contributed by atoms with van der Waals surface area (Å²) in [5, 5.41) is 4.69. The highest BCUT2D eigenvalue weighted by Crippen LogP contribution is 2.45. The van der Waals surface area contributed by atoms with Crippen molar-refractivity contribution in [2.75, 3.05) is 4.90 Å². The zero-order valence-corrected chi connectivity index (χ0v) is 31.1. The third-order valence-corrected chi connectivity index (χ3v) is 11.2. The highest BCUT2D eigenvalue weighted by atomic mass is 16.3. The molecule has 57 heavy (non-hydrogen) atoms. The van der Waals surface area contributed by atoms with Crippen molar-refractivity contribution in [3.05, 3.63) is 218 Å². The van der Waals surface area contributed by atoms with E-state index in [0.29, 0.717) is 0 Å². The number of fused-ring (bicyclic) bond motifs is 6. The maximum absolute atomic E-state index is 6.30. The Morgan fingerprint density at radius 3 is 1.74 bits per heavy atom. The third-order valence-electron chi connectivity index (χ3n) is 11.2. The minimum absolute atomic E-state index is 0.876. The molecule has 11 aromatic rings. The van der Waals surface area contributed by atoms with Crippen LogP contribution in [0.1, 0.15) is 0 Å². The van der Waals surface area contributed by atoms with E-state index >= 15 is 0 Å². The van der Waals surface area contributed by atoms with Gasteiger partial charge in [0.1, 0.15) is 11.2 Å². The van der Waals surface area contributed by atoms with Crippen molar-refractivity contribution in [3.8, 4) is 39.1 Å². The number of nitrogens with zero attached hydrogens (tertiary/aromatic N) is 2. The molecule has 0 amide bonds. The van der Waals surface area contributed by atoms with E-state index in [2.05, 4.69) is 216 Å². The van der Waals surface area contributed by atoms with Gasteiger partial charge in [-0.15, -0.1) is 0 Å². The third kappa shape index (κ3) is 5.60. The SMILES string of the molecule is c1ccc(-c2ccc(N(c3ccc(-c4cccc5c4c4ccccc4n5-c4ccccc4)cc3)c3ccc4oc5ccccc5c4c3)c(-c3ccccc3)c2)cc1. The smallest absolute Gasteiger partial charge is 0.135 e. The standard InChI is InChI=1S/C54H36N2O/c1-4-15-37(16-5-1)40-29-33-50(47(35-40)38-17-6-2-7-18-38)55(43-32-34-53-48(36-43)45-21-11-13-26-52(45)57-53)42-30-27-39(28-31-42)44-23-14-25-51-54(44)46-22-10-12-24-49(46)56(51)41-19-8-3-9-20-41/h1-36H. The van der Waals surface area contributed by atoms with Gasteiger partial charge in [0.15, 0.2) is 0 Å². The van der Waals surface area contributed by atoms with E-state index in [-0.39, 0.29) is 0 Å². The van der Waals surface area contributed by atoms with Crippen molar-refractivity contribution >= 4 is 60.8 Å². The second-order valence-electron chi connectivity index (χ2n) is 14.5. The normalized spacial score (nSPS) is 11.5. The number of benzene rings is 9. The Hall–Kier alpha value is -7.62. The van der Waals surface area contributed by atoms with Crippen LogP contribution < -0.4 is 4.90 Å². The largest absolute Gasteiger partial charge is 0.456 e.